The molecule has 1 aliphatic heterocycles. The van der Waals surface area contributed by atoms with Crippen LogP contribution in [0, 0.1) is 10.8 Å². The van der Waals surface area contributed by atoms with Gasteiger partial charge in [0.25, 0.3) is 0 Å². The molecule has 4 rings (SSSR count). The SMILES string of the molecule is COC(=O)C12CC(C(=O)OC)(C1)C2N1C=CC=CC1. The molecular weight excluding hydrogens is 246 g/mol. The Hall–Kier alpha value is -1.78. The van der Waals surface area contributed by atoms with Crippen molar-refractivity contribution in [2.75, 3.05) is 20.8 Å². The van der Waals surface area contributed by atoms with Gasteiger partial charge in [-0.1, -0.05) is 12.2 Å². The van der Waals surface area contributed by atoms with Crippen molar-refractivity contribution >= 4 is 11.9 Å². The van der Waals surface area contributed by atoms with Crippen molar-refractivity contribution in [2.45, 2.75) is 18.9 Å². The van der Waals surface area contributed by atoms with Crippen LogP contribution in [0.4, 0.5) is 0 Å². The van der Waals surface area contributed by atoms with Crippen LogP contribution in [0.1, 0.15) is 12.8 Å². The molecule has 5 heteroatoms. The van der Waals surface area contributed by atoms with Crippen molar-refractivity contribution in [3.63, 3.8) is 0 Å². The van der Waals surface area contributed by atoms with Gasteiger partial charge in [0.1, 0.15) is 0 Å². The van der Waals surface area contributed by atoms with Gasteiger partial charge in [-0.15, -0.1) is 0 Å². The van der Waals surface area contributed by atoms with E-state index in [1.54, 1.807) is 0 Å². The van der Waals surface area contributed by atoms with Gasteiger partial charge in [0, 0.05) is 6.54 Å². The highest BCUT2D eigenvalue weighted by molar-refractivity contribution is 5.93. The van der Waals surface area contributed by atoms with E-state index in [4.69, 9.17) is 9.47 Å². The maximum absolute atomic E-state index is 12.0. The Kier molecular flexibility index (Phi) is 2.49. The fraction of sp³-hybridized carbons (Fsp3) is 0.571. The molecule has 0 atom stereocenters. The Morgan fingerprint density at radius 1 is 1.11 bits per heavy atom. The lowest BCUT2D eigenvalue weighted by atomic mass is 9.31. The van der Waals surface area contributed by atoms with Crippen molar-refractivity contribution in [2.24, 2.45) is 10.8 Å². The molecule has 3 saturated carbocycles. The van der Waals surface area contributed by atoms with Crippen LogP contribution < -0.4 is 0 Å². The molecule has 2 bridgehead atoms. The summed E-state index contributed by atoms with van der Waals surface area (Å²) in [5.74, 6) is -0.433. The van der Waals surface area contributed by atoms with Crippen LogP contribution >= 0.6 is 0 Å². The lowest BCUT2D eigenvalue weighted by Crippen LogP contribution is -2.83. The molecule has 0 aromatic carbocycles. The van der Waals surface area contributed by atoms with Crippen LogP contribution in [0.15, 0.2) is 24.4 Å². The molecule has 4 aliphatic rings. The molecule has 0 spiro atoms. The number of carbonyl (C=O) groups excluding carboxylic acids is 2. The van der Waals surface area contributed by atoms with Gasteiger partial charge in [0.2, 0.25) is 0 Å². The van der Waals surface area contributed by atoms with Crippen molar-refractivity contribution in [3.8, 4) is 0 Å². The molecule has 5 nitrogen and oxygen atoms in total. The minimum atomic E-state index is -0.529. The third-order valence-corrected chi connectivity index (χ3v) is 4.67. The first kappa shape index (κ1) is 12.3. The summed E-state index contributed by atoms with van der Waals surface area (Å²) >= 11 is 0. The molecule has 102 valence electrons. The van der Waals surface area contributed by atoms with Crippen molar-refractivity contribution in [1.29, 1.82) is 0 Å². The zero-order valence-electron chi connectivity index (χ0n) is 11.1. The number of rotatable bonds is 3. The summed E-state index contributed by atoms with van der Waals surface area (Å²) in [6.45, 7) is 0.707. The highest BCUT2D eigenvalue weighted by Crippen LogP contribution is 2.75. The van der Waals surface area contributed by atoms with E-state index < -0.39 is 10.8 Å². The van der Waals surface area contributed by atoms with Crippen molar-refractivity contribution < 1.29 is 19.1 Å². The highest BCUT2D eigenvalue weighted by Gasteiger charge is 2.84. The third-order valence-electron chi connectivity index (χ3n) is 4.67. The van der Waals surface area contributed by atoms with Gasteiger partial charge in [-0.05, 0) is 25.1 Å². The summed E-state index contributed by atoms with van der Waals surface area (Å²) < 4.78 is 9.83. The van der Waals surface area contributed by atoms with Gasteiger partial charge in [-0.3, -0.25) is 9.59 Å². The number of esters is 2. The quantitative estimate of drug-likeness (QED) is 0.707. The maximum atomic E-state index is 12.0. The number of carbonyl (C=O) groups is 2. The van der Waals surface area contributed by atoms with E-state index in [1.165, 1.54) is 14.2 Å². The molecule has 0 saturated heterocycles. The first-order valence-corrected chi connectivity index (χ1v) is 6.37. The van der Waals surface area contributed by atoms with Crippen molar-refractivity contribution in [3.05, 3.63) is 24.4 Å². The minimum absolute atomic E-state index is 0.138. The number of nitrogens with zero attached hydrogens (tertiary/aromatic N) is 1. The Bertz CT molecular complexity index is 460. The Labute approximate surface area is 111 Å². The molecule has 0 amide bonds. The summed E-state index contributed by atoms with van der Waals surface area (Å²) in [7, 11) is 2.80. The highest BCUT2D eigenvalue weighted by atomic mass is 16.5. The topological polar surface area (TPSA) is 55.8 Å². The fourth-order valence-electron chi connectivity index (χ4n) is 3.95. The van der Waals surface area contributed by atoms with Crippen molar-refractivity contribution in [1.82, 2.24) is 4.90 Å². The van der Waals surface area contributed by atoms with E-state index in [9.17, 15) is 9.59 Å². The Morgan fingerprint density at radius 3 is 2.11 bits per heavy atom. The second-order valence-electron chi connectivity index (χ2n) is 5.52. The predicted octanol–water partition coefficient (Wildman–Crippen LogP) is 0.867. The average molecular weight is 263 g/mol. The molecule has 1 heterocycles. The molecule has 0 unspecified atom stereocenters. The molecule has 3 aliphatic carbocycles. The van der Waals surface area contributed by atoms with Crippen LogP contribution in [0.2, 0.25) is 0 Å². The zero-order chi connectivity index (χ0) is 13.7. The van der Waals surface area contributed by atoms with Gasteiger partial charge < -0.3 is 14.4 Å². The van der Waals surface area contributed by atoms with Gasteiger partial charge in [-0.25, -0.2) is 0 Å². The summed E-state index contributed by atoms with van der Waals surface area (Å²) in [4.78, 5) is 26.1. The minimum Gasteiger partial charge on any atom is -0.469 e. The standard InChI is InChI=1S/C14H17NO4/c1-18-11(16)13-8-14(9-13,12(17)19-2)10(13)15-6-4-3-5-7-15/h3-6,10H,7-9H2,1-2H3. The van der Waals surface area contributed by atoms with Gasteiger partial charge in [-0.2, -0.15) is 0 Å². The van der Waals surface area contributed by atoms with Crippen LogP contribution in [-0.4, -0.2) is 43.6 Å². The molecule has 3 fully saturated rings. The molecular formula is C14H17NO4. The van der Waals surface area contributed by atoms with E-state index in [2.05, 4.69) is 0 Å². The third kappa shape index (κ3) is 1.30. The Morgan fingerprint density at radius 2 is 1.68 bits per heavy atom. The number of hydrogen-bond donors (Lipinski definition) is 0. The van der Waals surface area contributed by atoms with E-state index >= 15 is 0 Å². The van der Waals surface area contributed by atoms with E-state index in [-0.39, 0.29) is 18.0 Å². The largest absolute Gasteiger partial charge is 0.469 e. The van der Waals surface area contributed by atoms with Crippen LogP contribution in [-0.2, 0) is 19.1 Å². The fourth-order valence-corrected chi connectivity index (χ4v) is 3.95. The normalized spacial score (nSPS) is 38.2. The first-order valence-electron chi connectivity index (χ1n) is 6.37. The molecule has 0 radical (unpaired) electrons. The second kappa shape index (κ2) is 3.85. The smallest absolute Gasteiger partial charge is 0.314 e. The lowest BCUT2D eigenvalue weighted by molar-refractivity contribution is -0.271. The van der Waals surface area contributed by atoms with Gasteiger partial charge in [0.15, 0.2) is 0 Å². The van der Waals surface area contributed by atoms with Crippen LogP contribution in [0.25, 0.3) is 0 Å². The number of ether oxygens (including phenoxy) is 2. The van der Waals surface area contributed by atoms with E-state index in [0.717, 1.165) is 0 Å². The predicted molar refractivity (Wildman–Crippen MR) is 66.9 cm³/mol. The van der Waals surface area contributed by atoms with Gasteiger partial charge >= 0.3 is 11.9 Å². The summed E-state index contributed by atoms with van der Waals surface area (Å²) in [6.07, 6.45) is 8.88. The molecule has 0 aromatic rings. The molecule has 19 heavy (non-hydrogen) atoms. The summed E-state index contributed by atoms with van der Waals surface area (Å²) in [5.41, 5.74) is -1.06. The Balaban J connectivity index is 1.89. The van der Waals surface area contributed by atoms with E-state index in [0.29, 0.717) is 19.4 Å². The molecule has 0 aromatic heterocycles. The summed E-state index contributed by atoms with van der Waals surface area (Å²) in [5, 5.41) is 0. The van der Waals surface area contributed by atoms with Crippen LogP contribution in [0.5, 0.6) is 0 Å². The lowest BCUT2D eigenvalue weighted by Gasteiger charge is -2.74. The van der Waals surface area contributed by atoms with E-state index in [1.807, 2.05) is 29.3 Å². The average Bonchev–Trinajstić information content (AvgIpc) is 2.37. The maximum Gasteiger partial charge on any atom is 0.314 e. The second-order valence-corrected chi connectivity index (χ2v) is 5.52. The first-order chi connectivity index (χ1) is 9.10. The summed E-state index contributed by atoms with van der Waals surface area (Å²) in [6, 6.07) is -0.138. The van der Waals surface area contributed by atoms with Gasteiger partial charge in [0.05, 0.1) is 31.1 Å². The zero-order valence-corrected chi connectivity index (χ0v) is 11.1. The molecule has 0 N–H and O–H groups in total. The van der Waals surface area contributed by atoms with Crippen LogP contribution in [0.3, 0.4) is 0 Å². The number of methoxy groups -OCH3 is 2. The number of allylic oxidation sites excluding steroid dienone is 2. The number of hydrogen-bond acceptors (Lipinski definition) is 5. The monoisotopic (exact) mass is 263 g/mol.